The summed E-state index contributed by atoms with van der Waals surface area (Å²) < 4.78 is 6.57. The van der Waals surface area contributed by atoms with Gasteiger partial charge in [-0.25, -0.2) is 9.78 Å². The van der Waals surface area contributed by atoms with Crippen LogP contribution in [-0.2, 0) is 6.54 Å². The van der Waals surface area contributed by atoms with Crippen LogP contribution < -0.4 is 16.0 Å². The van der Waals surface area contributed by atoms with E-state index >= 15 is 0 Å². The van der Waals surface area contributed by atoms with E-state index in [0.29, 0.717) is 17.0 Å². The van der Waals surface area contributed by atoms with Crippen LogP contribution in [0, 0.1) is 0 Å². The predicted molar refractivity (Wildman–Crippen MR) is 104 cm³/mol. The summed E-state index contributed by atoms with van der Waals surface area (Å²) in [6.45, 7) is 0.195. The third-order valence-electron chi connectivity index (χ3n) is 4.38. The first-order chi connectivity index (χ1) is 13.6. The van der Waals surface area contributed by atoms with Crippen molar-refractivity contribution in [2.45, 2.75) is 6.54 Å². The minimum Gasteiger partial charge on any atom is -0.507 e. The molecule has 0 aliphatic carbocycles. The van der Waals surface area contributed by atoms with Crippen LogP contribution in [0.3, 0.4) is 0 Å². The molecular formula is C20H16N4O4. The number of aromatic amines is 1. The van der Waals surface area contributed by atoms with Gasteiger partial charge in [-0.15, -0.1) is 0 Å². The maximum absolute atomic E-state index is 12.5. The fourth-order valence-corrected chi connectivity index (χ4v) is 2.98. The van der Waals surface area contributed by atoms with Crippen molar-refractivity contribution in [1.82, 2.24) is 19.5 Å². The zero-order valence-corrected chi connectivity index (χ0v) is 14.9. The quantitative estimate of drug-likeness (QED) is 0.563. The number of hydrogen-bond donors (Lipinski definition) is 2. The summed E-state index contributed by atoms with van der Waals surface area (Å²) in [7, 11) is 1.52. The molecule has 8 nitrogen and oxygen atoms in total. The zero-order valence-electron chi connectivity index (χ0n) is 14.9. The Kier molecular flexibility index (Phi) is 4.36. The van der Waals surface area contributed by atoms with Gasteiger partial charge in [0.05, 0.1) is 24.7 Å². The maximum Gasteiger partial charge on any atom is 0.330 e. The molecule has 8 heteroatoms. The smallest absolute Gasteiger partial charge is 0.330 e. The molecule has 0 aliphatic rings. The van der Waals surface area contributed by atoms with E-state index in [-0.39, 0.29) is 23.3 Å². The molecule has 2 N–H and O–H groups in total. The minimum atomic E-state index is -0.569. The molecular weight excluding hydrogens is 360 g/mol. The third kappa shape index (κ3) is 3.11. The Morgan fingerprint density at radius 3 is 2.79 bits per heavy atom. The van der Waals surface area contributed by atoms with Crippen LogP contribution >= 0.6 is 0 Å². The van der Waals surface area contributed by atoms with E-state index in [9.17, 15) is 14.7 Å². The molecule has 0 unspecified atom stereocenters. The van der Waals surface area contributed by atoms with Crippen molar-refractivity contribution in [3.63, 3.8) is 0 Å². The lowest BCUT2D eigenvalue weighted by Crippen LogP contribution is -2.31. The summed E-state index contributed by atoms with van der Waals surface area (Å²) in [4.78, 5) is 35.5. The average Bonchev–Trinajstić information content (AvgIpc) is 2.72. The predicted octanol–water partition coefficient (Wildman–Crippen LogP) is 1.91. The second-order valence-electron chi connectivity index (χ2n) is 6.16. The first kappa shape index (κ1) is 17.5. The lowest BCUT2D eigenvalue weighted by molar-refractivity contribution is 0.412. The fraction of sp³-hybridized carbons (Fsp3) is 0.100. The summed E-state index contributed by atoms with van der Waals surface area (Å²) >= 11 is 0. The van der Waals surface area contributed by atoms with Gasteiger partial charge in [-0.05, 0) is 42.0 Å². The van der Waals surface area contributed by atoms with Crippen LogP contribution in [-0.4, -0.2) is 31.7 Å². The standard InChI is InChI=1S/C20H16N4O4/c1-28-13-4-7-17(25)15(9-13)16-6-5-14-18(22-16)24(20(27)23-19(14)26)11-12-3-2-8-21-10-12/h2-10,25H,11H2,1H3,(H,23,26,27). The number of hydrogen-bond acceptors (Lipinski definition) is 6. The Bertz CT molecular complexity index is 1280. The number of ether oxygens (including phenoxy) is 1. The van der Waals surface area contributed by atoms with Gasteiger partial charge >= 0.3 is 5.69 Å². The molecule has 0 saturated heterocycles. The molecule has 0 aliphatic heterocycles. The highest BCUT2D eigenvalue weighted by Crippen LogP contribution is 2.32. The molecule has 0 atom stereocenters. The monoisotopic (exact) mass is 376 g/mol. The number of nitrogens with zero attached hydrogens (tertiary/aromatic N) is 3. The van der Waals surface area contributed by atoms with E-state index in [4.69, 9.17) is 4.74 Å². The Morgan fingerprint density at radius 1 is 1.18 bits per heavy atom. The first-order valence-electron chi connectivity index (χ1n) is 8.47. The van der Waals surface area contributed by atoms with Crippen LogP contribution in [0.4, 0.5) is 0 Å². The summed E-state index contributed by atoms with van der Waals surface area (Å²) in [5, 5.41) is 10.5. The number of H-pyrrole nitrogens is 1. The molecule has 0 fully saturated rings. The van der Waals surface area contributed by atoms with Crippen molar-refractivity contribution >= 4 is 11.0 Å². The van der Waals surface area contributed by atoms with E-state index in [0.717, 1.165) is 5.56 Å². The summed E-state index contributed by atoms with van der Waals surface area (Å²) in [6, 6.07) is 11.6. The highest BCUT2D eigenvalue weighted by molar-refractivity contribution is 5.79. The van der Waals surface area contributed by atoms with Gasteiger partial charge in [0, 0.05) is 18.0 Å². The topological polar surface area (TPSA) is 110 Å². The number of fused-ring (bicyclic) bond motifs is 1. The Labute approximate surface area is 158 Å². The summed E-state index contributed by atoms with van der Waals surface area (Å²) in [6.07, 6.45) is 3.28. The highest BCUT2D eigenvalue weighted by atomic mass is 16.5. The molecule has 4 rings (SSSR count). The van der Waals surface area contributed by atoms with Gasteiger partial charge in [0.2, 0.25) is 0 Å². The van der Waals surface area contributed by atoms with E-state index in [1.807, 2.05) is 6.07 Å². The van der Waals surface area contributed by atoms with Gasteiger partial charge in [-0.1, -0.05) is 6.07 Å². The molecule has 28 heavy (non-hydrogen) atoms. The van der Waals surface area contributed by atoms with Gasteiger partial charge in [0.15, 0.2) is 5.65 Å². The van der Waals surface area contributed by atoms with Gasteiger partial charge in [-0.2, -0.15) is 0 Å². The van der Waals surface area contributed by atoms with Crippen LogP contribution in [0.1, 0.15) is 5.56 Å². The fourth-order valence-electron chi connectivity index (χ4n) is 2.98. The molecule has 0 radical (unpaired) electrons. The molecule has 0 spiro atoms. The van der Waals surface area contributed by atoms with Crippen molar-refractivity contribution in [2.75, 3.05) is 7.11 Å². The lowest BCUT2D eigenvalue weighted by atomic mass is 10.1. The number of phenols is 1. The number of nitrogens with one attached hydrogen (secondary N) is 1. The number of aromatic nitrogens is 4. The number of rotatable bonds is 4. The number of aromatic hydroxyl groups is 1. The lowest BCUT2D eigenvalue weighted by Gasteiger charge is -2.11. The normalized spacial score (nSPS) is 10.9. The number of pyridine rings is 2. The number of benzene rings is 1. The van der Waals surface area contributed by atoms with Crippen molar-refractivity contribution in [3.05, 3.63) is 81.3 Å². The van der Waals surface area contributed by atoms with Crippen LogP contribution in [0.5, 0.6) is 11.5 Å². The minimum absolute atomic E-state index is 0.0126. The van der Waals surface area contributed by atoms with Crippen molar-refractivity contribution in [2.24, 2.45) is 0 Å². The number of methoxy groups -OCH3 is 1. The van der Waals surface area contributed by atoms with E-state index in [1.54, 1.807) is 42.7 Å². The molecule has 3 heterocycles. The van der Waals surface area contributed by atoms with Gasteiger partial charge < -0.3 is 9.84 Å². The summed E-state index contributed by atoms with van der Waals surface area (Å²) in [5.74, 6) is 0.562. The van der Waals surface area contributed by atoms with Crippen molar-refractivity contribution in [1.29, 1.82) is 0 Å². The van der Waals surface area contributed by atoms with E-state index in [2.05, 4.69) is 15.0 Å². The third-order valence-corrected chi connectivity index (χ3v) is 4.38. The first-order valence-corrected chi connectivity index (χ1v) is 8.47. The largest absolute Gasteiger partial charge is 0.507 e. The Morgan fingerprint density at radius 2 is 2.04 bits per heavy atom. The molecule has 0 saturated carbocycles. The molecule has 4 aromatic rings. The average molecular weight is 376 g/mol. The zero-order chi connectivity index (χ0) is 19.7. The second-order valence-corrected chi connectivity index (χ2v) is 6.16. The molecule has 1 aromatic carbocycles. The molecule has 3 aromatic heterocycles. The van der Waals surface area contributed by atoms with Crippen molar-refractivity contribution < 1.29 is 9.84 Å². The molecule has 0 amide bonds. The van der Waals surface area contributed by atoms with E-state index in [1.165, 1.54) is 17.7 Å². The maximum atomic E-state index is 12.5. The van der Waals surface area contributed by atoms with Crippen molar-refractivity contribution in [3.8, 4) is 22.8 Å². The highest BCUT2D eigenvalue weighted by Gasteiger charge is 2.14. The Hall–Kier alpha value is -3.94. The second kappa shape index (κ2) is 6.99. The molecule has 0 bridgehead atoms. The van der Waals surface area contributed by atoms with Gasteiger partial charge in [-0.3, -0.25) is 19.3 Å². The van der Waals surface area contributed by atoms with Gasteiger partial charge in [0.1, 0.15) is 11.5 Å². The SMILES string of the molecule is COc1ccc(O)c(-c2ccc3c(=O)[nH]c(=O)n(Cc4cccnc4)c3n2)c1. The van der Waals surface area contributed by atoms with Gasteiger partial charge in [0.25, 0.3) is 5.56 Å². The molecule has 140 valence electrons. The van der Waals surface area contributed by atoms with Crippen LogP contribution in [0.25, 0.3) is 22.3 Å². The van der Waals surface area contributed by atoms with Crippen LogP contribution in [0.2, 0.25) is 0 Å². The van der Waals surface area contributed by atoms with E-state index < -0.39 is 11.2 Å². The summed E-state index contributed by atoms with van der Waals surface area (Å²) in [5.41, 5.74) is 0.764. The Balaban J connectivity index is 1.94. The van der Waals surface area contributed by atoms with Crippen LogP contribution in [0.15, 0.2) is 64.4 Å². The number of phenolic OH excluding ortho intramolecular Hbond substituents is 1.